The number of likely N-dealkylation sites (N-methyl/N-ethyl adjacent to an activating group) is 1. The number of H-pyrrole nitrogens is 1. The summed E-state index contributed by atoms with van der Waals surface area (Å²) in [5, 5.41) is 12.7. The van der Waals surface area contributed by atoms with Crippen LogP contribution >= 0.6 is 0 Å². The first-order valence-corrected chi connectivity index (χ1v) is 9.31. The van der Waals surface area contributed by atoms with Crippen LogP contribution in [0.3, 0.4) is 0 Å². The molecule has 1 heterocycles. The average Bonchev–Trinajstić information content (AvgIpc) is 3.14. The smallest absolute Gasteiger partial charge is 0.273 e. The number of hydrogen-bond donors (Lipinski definition) is 3. The first-order valence-electron chi connectivity index (χ1n) is 9.31. The Morgan fingerprint density at radius 1 is 1.00 bits per heavy atom. The number of aryl methyl sites for hydroxylation is 2. The number of aromatic nitrogens is 2. The van der Waals surface area contributed by atoms with Gasteiger partial charge in [0.25, 0.3) is 5.91 Å². The molecule has 3 aromatic rings. The molecule has 0 aliphatic carbocycles. The molecular weight excluding hydrogens is 366 g/mol. The molecule has 29 heavy (non-hydrogen) atoms. The molecule has 2 aromatic carbocycles. The molecule has 0 atom stereocenters. The standard InChI is InChI=1S/C22H25N5O2/c1-14-5-7-16(8-6-14)19-12-20(26-25-19)22(29)23-17-9-10-18(15(2)11-17)24-21(28)13-27(3)4/h5-12H,13H2,1-4H3,(H,23,29)(H,24,28)(H,25,26). The van der Waals surface area contributed by atoms with E-state index in [1.165, 1.54) is 5.56 Å². The van der Waals surface area contributed by atoms with E-state index in [0.717, 1.165) is 16.8 Å². The molecule has 0 spiro atoms. The SMILES string of the molecule is Cc1ccc(-c2cc(C(=O)Nc3ccc(NC(=O)CN(C)C)c(C)c3)[nH]n2)cc1. The van der Waals surface area contributed by atoms with Crippen molar-refractivity contribution in [2.45, 2.75) is 13.8 Å². The van der Waals surface area contributed by atoms with Gasteiger partial charge >= 0.3 is 0 Å². The minimum absolute atomic E-state index is 0.0871. The van der Waals surface area contributed by atoms with Gasteiger partial charge in [-0.25, -0.2) is 0 Å². The van der Waals surface area contributed by atoms with Gasteiger partial charge in [-0.05, 0) is 57.8 Å². The molecule has 0 aliphatic heterocycles. The number of carbonyl (C=O) groups excluding carboxylic acids is 2. The summed E-state index contributed by atoms with van der Waals surface area (Å²) < 4.78 is 0. The van der Waals surface area contributed by atoms with Crippen molar-refractivity contribution in [3.8, 4) is 11.3 Å². The zero-order valence-corrected chi connectivity index (χ0v) is 17.0. The summed E-state index contributed by atoms with van der Waals surface area (Å²) in [4.78, 5) is 26.3. The fraction of sp³-hybridized carbons (Fsp3) is 0.227. The van der Waals surface area contributed by atoms with Crippen LogP contribution < -0.4 is 10.6 Å². The maximum atomic E-state index is 12.6. The van der Waals surface area contributed by atoms with E-state index < -0.39 is 0 Å². The van der Waals surface area contributed by atoms with E-state index in [0.29, 0.717) is 23.6 Å². The molecule has 3 rings (SSSR count). The summed E-state index contributed by atoms with van der Waals surface area (Å²) >= 11 is 0. The highest BCUT2D eigenvalue weighted by Crippen LogP contribution is 2.22. The summed E-state index contributed by atoms with van der Waals surface area (Å²) in [6.07, 6.45) is 0. The highest BCUT2D eigenvalue weighted by atomic mass is 16.2. The average molecular weight is 391 g/mol. The largest absolute Gasteiger partial charge is 0.325 e. The van der Waals surface area contributed by atoms with Crippen molar-refractivity contribution in [2.75, 3.05) is 31.3 Å². The maximum absolute atomic E-state index is 12.6. The second-order valence-electron chi connectivity index (χ2n) is 7.30. The fourth-order valence-electron chi connectivity index (χ4n) is 2.87. The first-order chi connectivity index (χ1) is 13.8. The molecule has 3 N–H and O–H groups in total. The third kappa shape index (κ3) is 5.30. The van der Waals surface area contributed by atoms with Crippen LogP contribution in [-0.4, -0.2) is 47.6 Å². The van der Waals surface area contributed by atoms with Crippen LogP contribution in [-0.2, 0) is 4.79 Å². The molecular formula is C22H25N5O2. The predicted molar refractivity (Wildman–Crippen MR) is 115 cm³/mol. The number of nitrogens with one attached hydrogen (secondary N) is 3. The summed E-state index contributed by atoms with van der Waals surface area (Å²) in [6, 6.07) is 15.0. The Kier molecular flexibility index (Phi) is 6.09. The van der Waals surface area contributed by atoms with Crippen molar-refractivity contribution in [1.82, 2.24) is 15.1 Å². The Hall–Kier alpha value is -3.45. The Morgan fingerprint density at radius 3 is 2.38 bits per heavy atom. The minimum atomic E-state index is -0.278. The lowest BCUT2D eigenvalue weighted by Gasteiger charge is -2.13. The van der Waals surface area contributed by atoms with Gasteiger partial charge in [-0.1, -0.05) is 29.8 Å². The molecule has 0 bridgehead atoms. The molecule has 150 valence electrons. The number of aromatic amines is 1. The molecule has 0 aliphatic rings. The van der Waals surface area contributed by atoms with Crippen LogP contribution in [0.15, 0.2) is 48.5 Å². The second-order valence-corrected chi connectivity index (χ2v) is 7.30. The minimum Gasteiger partial charge on any atom is -0.325 e. The zero-order chi connectivity index (χ0) is 21.0. The van der Waals surface area contributed by atoms with Crippen molar-refractivity contribution < 1.29 is 9.59 Å². The molecule has 0 saturated carbocycles. The van der Waals surface area contributed by atoms with Gasteiger partial charge in [-0.3, -0.25) is 14.7 Å². The Balaban J connectivity index is 1.67. The number of nitrogens with zero attached hydrogens (tertiary/aromatic N) is 2. The van der Waals surface area contributed by atoms with Gasteiger partial charge in [0.2, 0.25) is 5.91 Å². The lowest BCUT2D eigenvalue weighted by atomic mass is 10.1. The number of benzene rings is 2. The van der Waals surface area contributed by atoms with Gasteiger partial charge < -0.3 is 15.5 Å². The van der Waals surface area contributed by atoms with Crippen molar-refractivity contribution >= 4 is 23.2 Å². The monoisotopic (exact) mass is 391 g/mol. The number of hydrogen-bond acceptors (Lipinski definition) is 4. The molecule has 2 amide bonds. The topological polar surface area (TPSA) is 90.1 Å². The van der Waals surface area contributed by atoms with Crippen molar-refractivity contribution in [2.24, 2.45) is 0 Å². The van der Waals surface area contributed by atoms with Crippen LogP contribution in [0.2, 0.25) is 0 Å². The van der Waals surface area contributed by atoms with E-state index in [2.05, 4.69) is 20.8 Å². The van der Waals surface area contributed by atoms with E-state index in [9.17, 15) is 9.59 Å². The summed E-state index contributed by atoms with van der Waals surface area (Å²) in [5.74, 6) is -0.365. The molecule has 7 heteroatoms. The number of rotatable bonds is 6. The summed E-state index contributed by atoms with van der Waals surface area (Å²) in [5.41, 5.74) is 5.42. The van der Waals surface area contributed by atoms with Gasteiger partial charge in [0.15, 0.2) is 0 Å². The highest BCUT2D eigenvalue weighted by Gasteiger charge is 2.12. The lowest BCUT2D eigenvalue weighted by molar-refractivity contribution is -0.116. The predicted octanol–water partition coefficient (Wildman–Crippen LogP) is 3.45. The highest BCUT2D eigenvalue weighted by molar-refractivity contribution is 6.03. The van der Waals surface area contributed by atoms with E-state index in [1.54, 1.807) is 23.1 Å². The van der Waals surface area contributed by atoms with E-state index in [-0.39, 0.29) is 11.8 Å². The maximum Gasteiger partial charge on any atom is 0.273 e. The zero-order valence-electron chi connectivity index (χ0n) is 17.0. The Labute approximate surface area is 170 Å². The van der Waals surface area contributed by atoms with Gasteiger partial charge in [-0.15, -0.1) is 0 Å². The Morgan fingerprint density at radius 2 is 1.72 bits per heavy atom. The van der Waals surface area contributed by atoms with Gasteiger partial charge in [0.05, 0.1) is 12.2 Å². The van der Waals surface area contributed by atoms with Crippen LogP contribution in [0.4, 0.5) is 11.4 Å². The first kappa shape index (κ1) is 20.3. The quantitative estimate of drug-likeness (QED) is 0.600. The van der Waals surface area contributed by atoms with Gasteiger partial charge in [0, 0.05) is 16.9 Å². The van der Waals surface area contributed by atoms with Crippen LogP contribution in [0.25, 0.3) is 11.3 Å². The third-order valence-corrected chi connectivity index (χ3v) is 4.39. The molecule has 0 fully saturated rings. The van der Waals surface area contributed by atoms with Crippen LogP contribution in [0, 0.1) is 13.8 Å². The van der Waals surface area contributed by atoms with E-state index in [4.69, 9.17) is 0 Å². The molecule has 0 radical (unpaired) electrons. The van der Waals surface area contributed by atoms with E-state index in [1.807, 2.05) is 58.3 Å². The molecule has 7 nitrogen and oxygen atoms in total. The number of anilines is 2. The van der Waals surface area contributed by atoms with E-state index >= 15 is 0 Å². The third-order valence-electron chi connectivity index (χ3n) is 4.39. The summed E-state index contributed by atoms with van der Waals surface area (Å²) in [7, 11) is 3.68. The molecule has 0 saturated heterocycles. The van der Waals surface area contributed by atoms with Crippen molar-refractivity contribution in [3.63, 3.8) is 0 Å². The molecule has 0 unspecified atom stereocenters. The Bertz CT molecular complexity index is 1020. The second kappa shape index (κ2) is 8.70. The van der Waals surface area contributed by atoms with Gasteiger partial charge in [-0.2, -0.15) is 5.10 Å². The summed E-state index contributed by atoms with van der Waals surface area (Å²) in [6.45, 7) is 4.21. The van der Waals surface area contributed by atoms with Crippen molar-refractivity contribution in [1.29, 1.82) is 0 Å². The van der Waals surface area contributed by atoms with Crippen LogP contribution in [0.5, 0.6) is 0 Å². The van der Waals surface area contributed by atoms with Gasteiger partial charge in [0.1, 0.15) is 5.69 Å². The van der Waals surface area contributed by atoms with Crippen molar-refractivity contribution in [3.05, 3.63) is 65.4 Å². The normalized spacial score (nSPS) is 10.8. The fourth-order valence-corrected chi connectivity index (χ4v) is 2.87. The lowest BCUT2D eigenvalue weighted by Crippen LogP contribution is -2.27. The molecule has 1 aromatic heterocycles. The number of amides is 2. The van der Waals surface area contributed by atoms with Crippen LogP contribution in [0.1, 0.15) is 21.6 Å². The number of carbonyl (C=O) groups is 2.